The van der Waals surface area contributed by atoms with Crippen LogP contribution in [0.4, 0.5) is 0 Å². The summed E-state index contributed by atoms with van der Waals surface area (Å²) in [6.45, 7) is 10.1. The second-order valence-corrected chi connectivity index (χ2v) is 3.58. The average molecular weight is 203 g/mol. The van der Waals surface area contributed by atoms with Crippen LogP contribution < -0.4 is 0 Å². The number of oxime groups is 1. The predicted octanol–water partition coefficient (Wildman–Crippen LogP) is 3.23. The molecule has 0 atom stereocenters. The Labute approximate surface area is 91.3 Å². The van der Waals surface area contributed by atoms with Gasteiger partial charge in [-0.15, -0.1) is 0 Å². The fourth-order valence-corrected chi connectivity index (χ4v) is 1.36. The lowest BCUT2D eigenvalue weighted by atomic mass is 10.0. The van der Waals surface area contributed by atoms with Crippen LogP contribution in [0.2, 0.25) is 0 Å². The Morgan fingerprint density at radius 2 is 2.20 bits per heavy atom. The molecule has 1 aromatic rings. The fraction of sp³-hybridized carbons (Fsp3) is 0.308. The topological polar surface area (TPSA) is 21.6 Å². The molecule has 0 amide bonds. The molecule has 1 rings (SSSR count). The maximum absolute atomic E-state index is 5.06. The third-order valence-corrected chi connectivity index (χ3v) is 2.18. The molecule has 0 heterocycles. The number of rotatable bonds is 4. The van der Waals surface area contributed by atoms with Crippen molar-refractivity contribution in [2.45, 2.75) is 20.8 Å². The molecule has 80 valence electrons. The van der Waals surface area contributed by atoms with Crippen LogP contribution in [-0.2, 0) is 4.84 Å². The van der Waals surface area contributed by atoms with E-state index in [0.29, 0.717) is 6.61 Å². The Morgan fingerprint density at radius 3 is 2.87 bits per heavy atom. The van der Waals surface area contributed by atoms with Crippen LogP contribution in [0.25, 0.3) is 0 Å². The first-order chi connectivity index (χ1) is 7.15. The Hall–Kier alpha value is -1.57. The van der Waals surface area contributed by atoms with Crippen LogP contribution in [0.15, 0.2) is 36.0 Å². The van der Waals surface area contributed by atoms with Gasteiger partial charge in [-0.3, -0.25) is 0 Å². The molecule has 0 bridgehead atoms. The maximum atomic E-state index is 5.06. The molecular formula is C13H17NO. The molecular weight excluding hydrogens is 186 g/mol. The minimum atomic E-state index is 0.447. The highest BCUT2D eigenvalue weighted by atomic mass is 16.6. The minimum Gasteiger partial charge on any atom is -0.391 e. The van der Waals surface area contributed by atoms with Gasteiger partial charge in [-0.1, -0.05) is 35.5 Å². The van der Waals surface area contributed by atoms with Gasteiger partial charge in [0.1, 0.15) is 6.61 Å². The summed E-state index contributed by atoms with van der Waals surface area (Å²) in [4.78, 5) is 5.06. The zero-order valence-corrected chi connectivity index (χ0v) is 9.58. The van der Waals surface area contributed by atoms with E-state index in [1.165, 1.54) is 11.1 Å². The lowest BCUT2D eigenvalue weighted by Gasteiger charge is -2.06. The van der Waals surface area contributed by atoms with Gasteiger partial charge in [-0.2, -0.15) is 0 Å². The predicted molar refractivity (Wildman–Crippen MR) is 64.3 cm³/mol. The number of aryl methyl sites for hydroxylation is 2. The SMILES string of the molecule is C=CCON=C(C)c1cc(C)ccc1C. The highest BCUT2D eigenvalue weighted by molar-refractivity contribution is 5.99. The first-order valence-corrected chi connectivity index (χ1v) is 5.00. The van der Waals surface area contributed by atoms with Crippen LogP contribution in [-0.4, -0.2) is 12.3 Å². The van der Waals surface area contributed by atoms with Gasteiger partial charge in [0.05, 0.1) is 5.71 Å². The summed E-state index contributed by atoms with van der Waals surface area (Å²) in [6, 6.07) is 6.30. The van der Waals surface area contributed by atoms with Crippen LogP contribution in [0.1, 0.15) is 23.6 Å². The molecule has 0 fully saturated rings. The molecule has 2 heteroatoms. The third kappa shape index (κ3) is 3.24. The van der Waals surface area contributed by atoms with Gasteiger partial charge in [0.2, 0.25) is 0 Å². The van der Waals surface area contributed by atoms with Gasteiger partial charge >= 0.3 is 0 Å². The molecule has 0 saturated carbocycles. The third-order valence-electron chi connectivity index (χ3n) is 2.18. The Balaban J connectivity index is 2.89. The summed E-state index contributed by atoms with van der Waals surface area (Å²) in [5.41, 5.74) is 4.48. The van der Waals surface area contributed by atoms with Crippen molar-refractivity contribution in [2.75, 3.05) is 6.61 Å². The largest absolute Gasteiger partial charge is 0.391 e. The maximum Gasteiger partial charge on any atom is 0.135 e. The normalized spacial score (nSPS) is 11.3. The average Bonchev–Trinajstić information content (AvgIpc) is 2.22. The molecule has 0 saturated heterocycles. The smallest absolute Gasteiger partial charge is 0.135 e. The molecule has 0 aliphatic rings. The number of hydrogen-bond donors (Lipinski definition) is 0. The van der Waals surface area contributed by atoms with Gasteiger partial charge in [0.15, 0.2) is 0 Å². The van der Waals surface area contributed by atoms with Crippen molar-refractivity contribution < 1.29 is 4.84 Å². The zero-order valence-electron chi connectivity index (χ0n) is 9.58. The van der Waals surface area contributed by atoms with E-state index in [9.17, 15) is 0 Å². The summed E-state index contributed by atoms with van der Waals surface area (Å²) in [7, 11) is 0. The van der Waals surface area contributed by atoms with Gasteiger partial charge in [-0.25, -0.2) is 0 Å². The highest BCUT2D eigenvalue weighted by Crippen LogP contribution is 2.11. The van der Waals surface area contributed by atoms with Crippen LogP contribution >= 0.6 is 0 Å². The molecule has 1 aromatic carbocycles. The van der Waals surface area contributed by atoms with E-state index in [1.54, 1.807) is 6.08 Å². The second-order valence-electron chi connectivity index (χ2n) is 3.58. The first kappa shape index (κ1) is 11.5. The van der Waals surface area contributed by atoms with Crippen molar-refractivity contribution in [3.63, 3.8) is 0 Å². The molecule has 0 aromatic heterocycles. The molecule has 0 spiro atoms. The van der Waals surface area contributed by atoms with E-state index in [-0.39, 0.29) is 0 Å². The molecule has 0 radical (unpaired) electrons. The van der Waals surface area contributed by atoms with Crippen molar-refractivity contribution in [1.82, 2.24) is 0 Å². The summed E-state index contributed by atoms with van der Waals surface area (Å²) in [5.74, 6) is 0. The van der Waals surface area contributed by atoms with Crippen molar-refractivity contribution in [1.29, 1.82) is 0 Å². The van der Waals surface area contributed by atoms with Crippen LogP contribution in [0.3, 0.4) is 0 Å². The van der Waals surface area contributed by atoms with E-state index < -0.39 is 0 Å². The van der Waals surface area contributed by atoms with Crippen LogP contribution in [0, 0.1) is 13.8 Å². The quantitative estimate of drug-likeness (QED) is 0.318. The monoisotopic (exact) mass is 203 g/mol. The highest BCUT2D eigenvalue weighted by Gasteiger charge is 2.02. The van der Waals surface area contributed by atoms with Crippen LogP contribution in [0.5, 0.6) is 0 Å². The van der Waals surface area contributed by atoms with E-state index in [1.807, 2.05) is 6.92 Å². The molecule has 0 aliphatic carbocycles. The summed E-state index contributed by atoms with van der Waals surface area (Å²) in [6.07, 6.45) is 1.68. The van der Waals surface area contributed by atoms with E-state index in [0.717, 1.165) is 11.3 Å². The first-order valence-electron chi connectivity index (χ1n) is 5.00. The minimum absolute atomic E-state index is 0.447. The van der Waals surface area contributed by atoms with E-state index >= 15 is 0 Å². The van der Waals surface area contributed by atoms with Gasteiger partial charge < -0.3 is 4.84 Å². The molecule has 0 unspecified atom stereocenters. The lowest BCUT2D eigenvalue weighted by Crippen LogP contribution is -2.00. The van der Waals surface area contributed by atoms with Gasteiger partial charge in [0, 0.05) is 5.56 Å². The van der Waals surface area contributed by atoms with Crippen molar-refractivity contribution in [3.8, 4) is 0 Å². The fourth-order valence-electron chi connectivity index (χ4n) is 1.36. The van der Waals surface area contributed by atoms with Gasteiger partial charge in [0.25, 0.3) is 0 Å². The Morgan fingerprint density at radius 1 is 1.47 bits per heavy atom. The number of benzene rings is 1. The zero-order chi connectivity index (χ0) is 11.3. The Bertz CT molecular complexity index is 380. The van der Waals surface area contributed by atoms with Crippen molar-refractivity contribution in [3.05, 3.63) is 47.5 Å². The molecule has 2 nitrogen and oxygen atoms in total. The second kappa shape index (κ2) is 5.35. The molecule has 0 aliphatic heterocycles. The lowest BCUT2D eigenvalue weighted by molar-refractivity contribution is 0.175. The summed E-state index contributed by atoms with van der Waals surface area (Å²) in [5, 5.41) is 4.03. The standard InChI is InChI=1S/C13H17NO/c1-5-8-15-14-12(4)13-9-10(2)6-7-11(13)3/h5-7,9H,1,8H2,2-4H3. The van der Waals surface area contributed by atoms with E-state index in [2.05, 4.69) is 43.8 Å². The summed E-state index contributed by atoms with van der Waals surface area (Å²) >= 11 is 0. The molecule has 0 N–H and O–H groups in total. The van der Waals surface area contributed by atoms with Crippen molar-refractivity contribution in [2.24, 2.45) is 5.16 Å². The van der Waals surface area contributed by atoms with Gasteiger partial charge in [-0.05, 0) is 32.4 Å². The molecule has 15 heavy (non-hydrogen) atoms. The number of hydrogen-bond acceptors (Lipinski definition) is 2. The van der Waals surface area contributed by atoms with E-state index in [4.69, 9.17) is 4.84 Å². The Kier molecular flexibility index (Phi) is 4.10. The van der Waals surface area contributed by atoms with Crippen molar-refractivity contribution >= 4 is 5.71 Å². The summed E-state index contributed by atoms with van der Waals surface area (Å²) < 4.78 is 0. The number of nitrogens with zero attached hydrogens (tertiary/aromatic N) is 1.